The van der Waals surface area contributed by atoms with E-state index in [2.05, 4.69) is 0 Å². The fourth-order valence-corrected chi connectivity index (χ4v) is 2.21. The van der Waals surface area contributed by atoms with Gasteiger partial charge in [-0.25, -0.2) is 0 Å². The van der Waals surface area contributed by atoms with Crippen LogP contribution in [0.25, 0.3) is 0 Å². The zero-order chi connectivity index (χ0) is 13.0. The molecule has 5 heteroatoms. The normalized spacial score (nSPS) is 12.4. The minimum Gasteiger partial charge on any atom is -0.493 e. The molecule has 1 rings (SSSR count). The first-order chi connectivity index (χ1) is 8.10. The van der Waals surface area contributed by atoms with Crippen molar-refractivity contribution in [1.29, 1.82) is 0 Å². The molecule has 0 saturated carbocycles. The molecule has 0 aliphatic rings. The van der Waals surface area contributed by atoms with Crippen LogP contribution in [-0.4, -0.2) is 25.9 Å². The van der Waals surface area contributed by atoms with E-state index in [-0.39, 0.29) is 6.61 Å². The Labute approximate surface area is 106 Å². The zero-order valence-electron chi connectivity index (χ0n) is 10.3. The Morgan fingerprint density at radius 2 is 2.06 bits per heavy atom. The van der Waals surface area contributed by atoms with Gasteiger partial charge in [0.25, 0.3) is 0 Å². The molecule has 0 bridgehead atoms. The van der Waals surface area contributed by atoms with Gasteiger partial charge < -0.3 is 20.3 Å². The molecule has 0 aliphatic heterocycles. The van der Waals surface area contributed by atoms with Crippen LogP contribution < -0.4 is 15.2 Å². The molecule has 4 nitrogen and oxygen atoms in total. The van der Waals surface area contributed by atoms with Gasteiger partial charge in [-0.2, -0.15) is 0 Å². The van der Waals surface area contributed by atoms with Gasteiger partial charge in [0.1, 0.15) is 0 Å². The van der Waals surface area contributed by atoms with Crippen LogP contribution in [0.15, 0.2) is 6.07 Å². The Bertz CT molecular complexity index is 396. The topological polar surface area (TPSA) is 64.7 Å². The van der Waals surface area contributed by atoms with E-state index in [1.807, 2.05) is 6.92 Å². The van der Waals surface area contributed by atoms with Gasteiger partial charge >= 0.3 is 0 Å². The molecular formula is C12H18ClNO3. The Morgan fingerprint density at radius 3 is 2.47 bits per heavy atom. The molecule has 1 aromatic rings. The molecule has 0 saturated heterocycles. The lowest BCUT2D eigenvalue weighted by Gasteiger charge is -2.19. The van der Waals surface area contributed by atoms with Crippen LogP contribution >= 0.6 is 11.6 Å². The van der Waals surface area contributed by atoms with Crippen molar-refractivity contribution in [3.63, 3.8) is 0 Å². The van der Waals surface area contributed by atoms with E-state index in [1.54, 1.807) is 6.07 Å². The highest BCUT2D eigenvalue weighted by Gasteiger charge is 2.20. The highest BCUT2D eigenvalue weighted by atomic mass is 35.5. The summed E-state index contributed by atoms with van der Waals surface area (Å²) in [6, 6.07) is 1.30. The molecule has 3 N–H and O–H groups in total. The van der Waals surface area contributed by atoms with Gasteiger partial charge in [0.2, 0.25) is 0 Å². The molecule has 1 aromatic carbocycles. The van der Waals surface area contributed by atoms with E-state index in [1.165, 1.54) is 14.2 Å². The van der Waals surface area contributed by atoms with Gasteiger partial charge in [-0.1, -0.05) is 18.5 Å². The fraction of sp³-hybridized carbons (Fsp3) is 0.500. The molecule has 0 aromatic heterocycles. The van der Waals surface area contributed by atoms with Crippen LogP contribution in [0.1, 0.15) is 24.1 Å². The number of aliphatic hydroxyl groups excluding tert-OH is 1. The van der Waals surface area contributed by atoms with Gasteiger partial charge in [0.05, 0.1) is 31.9 Å². The van der Waals surface area contributed by atoms with E-state index < -0.39 is 6.04 Å². The number of ether oxygens (including phenoxy) is 2. The summed E-state index contributed by atoms with van der Waals surface area (Å²) in [6.07, 6.45) is 0.711. The van der Waals surface area contributed by atoms with Crippen molar-refractivity contribution in [1.82, 2.24) is 0 Å². The Balaban J connectivity index is 3.45. The lowest BCUT2D eigenvalue weighted by Crippen LogP contribution is -2.17. The summed E-state index contributed by atoms with van der Waals surface area (Å²) in [6.45, 7) is 1.83. The second kappa shape index (κ2) is 6.10. The molecule has 0 heterocycles. The van der Waals surface area contributed by atoms with Crippen molar-refractivity contribution in [2.24, 2.45) is 5.73 Å². The Kier molecular flexibility index (Phi) is 5.05. The number of halogens is 1. The standard InChI is InChI=1S/C12H18ClNO3/c1-4-7-8(9(14)6-15)5-10(16-2)12(17-3)11(7)13/h5,9,15H,4,6,14H2,1-3H3. The van der Waals surface area contributed by atoms with Crippen molar-refractivity contribution in [3.05, 3.63) is 22.2 Å². The Morgan fingerprint density at radius 1 is 1.41 bits per heavy atom. The van der Waals surface area contributed by atoms with E-state index in [9.17, 15) is 0 Å². The number of rotatable bonds is 5. The second-order valence-corrected chi connectivity index (χ2v) is 4.01. The number of hydrogen-bond acceptors (Lipinski definition) is 4. The fourth-order valence-electron chi connectivity index (χ4n) is 1.80. The summed E-state index contributed by atoms with van der Waals surface area (Å²) in [7, 11) is 3.07. The number of methoxy groups -OCH3 is 2. The molecular weight excluding hydrogens is 242 g/mol. The third-order valence-corrected chi connectivity index (χ3v) is 3.10. The summed E-state index contributed by atoms with van der Waals surface area (Å²) < 4.78 is 10.4. The number of aliphatic hydroxyl groups is 1. The maximum atomic E-state index is 9.15. The molecule has 0 spiro atoms. The first-order valence-corrected chi connectivity index (χ1v) is 5.78. The summed E-state index contributed by atoms with van der Waals surface area (Å²) in [5.74, 6) is 1.02. The smallest absolute Gasteiger partial charge is 0.179 e. The quantitative estimate of drug-likeness (QED) is 0.848. The van der Waals surface area contributed by atoms with Gasteiger partial charge in [-0.05, 0) is 23.6 Å². The minimum absolute atomic E-state index is 0.140. The van der Waals surface area contributed by atoms with Crippen molar-refractivity contribution in [2.75, 3.05) is 20.8 Å². The molecule has 0 fully saturated rings. The summed E-state index contributed by atoms with van der Waals surface area (Å²) in [4.78, 5) is 0. The van der Waals surface area contributed by atoms with Crippen molar-refractivity contribution >= 4 is 11.6 Å². The average Bonchev–Trinajstić information content (AvgIpc) is 2.36. The lowest BCUT2D eigenvalue weighted by atomic mass is 9.98. The van der Waals surface area contributed by atoms with E-state index >= 15 is 0 Å². The molecule has 0 radical (unpaired) electrons. The predicted molar refractivity (Wildman–Crippen MR) is 67.9 cm³/mol. The minimum atomic E-state index is -0.470. The lowest BCUT2D eigenvalue weighted by molar-refractivity contribution is 0.267. The third-order valence-electron chi connectivity index (χ3n) is 2.70. The highest BCUT2D eigenvalue weighted by molar-refractivity contribution is 6.33. The first-order valence-electron chi connectivity index (χ1n) is 5.40. The van der Waals surface area contributed by atoms with E-state index in [0.29, 0.717) is 22.9 Å². The summed E-state index contributed by atoms with van der Waals surface area (Å²) in [5, 5.41) is 9.64. The third kappa shape index (κ3) is 2.65. The SMILES string of the molecule is CCc1c(C(N)CO)cc(OC)c(OC)c1Cl. The largest absolute Gasteiger partial charge is 0.493 e. The highest BCUT2D eigenvalue weighted by Crippen LogP contribution is 2.41. The second-order valence-electron chi connectivity index (χ2n) is 3.64. The number of benzene rings is 1. The molecule has 0 amide bonds. The first kappa shape index (κ1) is 14.1. The monoisotopic (exact) mass is 259 g/mol. The van der Waals surface area contributed by atoms with Gasteiger partial charge in [0, 0.05) is 0 Å². The number of hydrogen-bond donors (Lipinski definition) is 2. The molecule has 17 heavy (non-hydrogen) atoms. The van der Waals surface area contributed by atoms with Crippen molar-refractivity contribution in [3.8, 4) is 11.5 Å². The Hall–Kier alpha value is -0.970. The van der Waals surface area contributed by atoms with Crippen LogP contribution in [0, 0.1) is 0 Å². The van der Waals surface area contributed by atoms with Gasteiger partial charge in [0.15, 0.2) is 11.5 Å². The van der Waals surface area contributed by atoms with Crippen molar-refractivity contribution in [2.45, 2.75) is 19.4 Å². The summed E-state index contributed by atoms with van der Waals surface area (Å²) in [5.41, 5.74) is 7.52. The summed E-state index contributed by atoms with van der Waals surface area (Å²) >= 11 is 6.26. The van der Waals surface area contributed by atoms with Crippen LogP contribution in [0.3, 0.4) is 0 Å². The van der Waals surface area contributed by atoms with E-state index in [4.69, 9.17) is 31.9 Å². The van der Waals surface area contributed by atoms with Crippen LogP contribution in [0.5, 0.6) is 11.5 Å². The zero-order valence-corrected chi connectivity index (χ0v) is 11.0. The number of nitrogens with two attached hydrogens (primary N) is 1. The average molecular weight is 260 g/mol. The van der Waals surface area contributed by atoms with Crippen LogP contribution in [-0.2, 0) is 6.42 Å². The molecule has 1 atom stereocenters. The van der Waals surface area contributed by atoms with Gasteiger partial charge in [-0.3, -0.25) is 0 Å². The maximum absolute atomic E-state index is 9.15. The van der Waals surface area contributed by atoms with Crippen LogP contribution in [0.4, 0.5) is 0 Å². The maximum Gasteiger partial charge on any atom is 0.179 e. The molecule has 1 unspecified atom stereocenters. The predicted octanol–water partition coefficient (Wildman–Crippen LogP) is 1.91. The van der Waals surface area contributed by atoms with E-state index in [0.717, 1.165) is 11.1 Å². The van der Waals surface area contributed by atoms with Crippen molar-refractivity contribution < 1.29 is 14.6 Å². The molecule has 0 aliphatic carbocycles. The van der Waals surface area contributed by atoms with Gasteiger partial charge in [-0.15, -0.1) is 0 Å². The molecule has 96 valence electrons. The van der Waals surface area contributed by atoms with Crippen LogP contribution in [0.2, 0.25) is 5.02 Å².